The molecule has 0 atom stereocenters. The normalized spacial score (nSPS) is 8.95. The van der Waals surface area contributed by atoms with Gasteiger partial charge in [-0.25, -0.2) is 0 Å². The quantitative estimate of drug-likeness (QED) is 0.272. The second-order valence-corrected chi connectivity index (χ2v) is 3.97. The third-order valence-electron chi connectivity index (χ3n) is 0.830. The summed E-state index contributed by atoms with van der Waals surface area (Å²) in [4.78, 5) is 0. The molecule has 0 aliphatic rings. The fourth-order valence-corrected chi connectivity index (χ4v) is 0.493. The number of phenols is 2. The number of hydrogen-bond acceptors (Lipinski definition) is 10. The monoisotopic (exact) mass is 412 g/mol. The molecule has 0 fully saturated rings. The molecule has 0 spiro atoms. The van der Waals surface area contributed by atoms with Gasteiger partial charge in [0.2, 0.25) is 0 Å². The van der Waals surface area contributed by atoms with Crippen LogP contribution in [0.1, 0.15) is 0 Å². The van der Waals surface area contributed by atoms with Crippen LogP contribution in [0.2, 0.25) is 0 Å². The summed E-state index contributed by atoms with van der Waals surface area (Å²) in [7, 11) is -10.3. The third kappa shape index (κ3) is 66.7. The Morgan fingerprint density at radius 3 is 1.10 bits per heavy atom. The summed E-state index contributed by atoms with van der Waals surface area (Å²) in [6.07, 6.45) is 0. The topological polar surface area (TPSA) is 237 Å². The summed E-state index contributed by atoms with van der Waals surface area (Å²) in [6, 6.07) is 5.85. The molecule has 0 saturated heterocycles. The largest absolute Gasteiger partial charge is 3.00 e. The molecule has 21 heavy (non-hydrogen) atoms. The third-order valence-corrected chi connectivity index (χ3v) is 0.830. The van der Waals surface area contributed by atoms with Crippen LogP contribution in [0.25, 0.3) is 0 Å². The van der Waals surface area contributed by atoms with Crippen LogP contribution in [0.3, 0.4) is 0 Å². The summed E-state index contributed by atoms with van der Waals surface area (Å²) < 4.78 is 68.2. The molecule has 0 heterocycles. The molecule has 1 radical (unpaired) electrons. The number of aromatic hydroxyl groups is 2. The van der Waals surface area contributed by atoms with Crippen LogP contribution in [0.15, 0.2) is 24.3 Å². The zero-order valence-electron chi connectivity index (χ0n) is 10.0. The van der Waals surface area contributed by atoms with E-state index in [1.54, 1.807) is 6.07 Å². The summed E-state index contributed by atoms with van der Waals surface area (Å²) in [5.74, 6) is 0.176. The molecule has 1 aromatic carbocycles. The fraction of sp³-hybridized carbons (Fsp3) is 0. The molecule has 0 aliphatic carbocycles. The van der Waals surface area contributed by atoms with Gasteiger partial charge in [-0.1, -0.05) is 6.07 Å². The van der Waals surface area contributed by atoms with Crippen molar-refractivity contribution in [1.82, 2.24) is 6.15 Å². The zero-order chi connectivity index (χ0) is 15.0. The van der Waals surface area contributed by atoms with Gasteiger partial charge in [-0.2, -0.15) is 0 Å². The van der Waals surface area contributed by atoms with Crippen LogP contribution < -0.4 is 6.15 Å². The van der Waals surface area contributed by atoms with Crippen LogP contribution in [0.4, 0.5) is 0 Å². The average Bonchev–Trinajstić information content (AvgIpc) is 1.95. The molecular weight excluding hydrogens is 401 g/mol. The van der Waals surface area contributed by atoms with E-state index in [1.807, 2.05) is 0 Å². The minimum atomic E-state index is -5.17. The Balaban J connectivity index is -0.0000000595. The van der Waals surface area contributed by atoms with Crippen molar-refractivity contribution < 1.29 is 62.3 Å². The van der Waals surface area contributed by atoms with Crippen molar-refractivity contribution in [3.8, 4) is 11.5 Å². The average molecular weight is 413 g/mol. The smallest absolute Gasteiger partial charge is 0.759 e. The molecule has 0 aliphatic heterocycles. The first-order valence-electron chi connectivity index (χ1n) is 3.60. The first kappa shape index (κ1) is 32.3. The van der Waals surface area contributed by atoms with Crippen molar-refractivity contribution in [2.75, 3.05) is 0 Å². The van der Waals surface area contributed by atoms with Crippen LogP contribution >= 0.6 is 12.4 Å². The standard InChI is InChI=1S/C6H6O2.ClH.Fe.H3N.2H2O4S/c7-5-2-1-3-6(8)4-5;;;;2*1-5(2,3)4/h1-4,7-8H;1H;;1H3;2*(H2,1,2,3,4)/q;;+3;;;/p-3. The number of halogens is 1. The zero-order valence-corrected chi connectivity index (χ0v) is 13.6. The predicted octanol–water partition coefficient (Wildman–Crippen LogP) is -0.783. The molecule has 0 unspecified atom stereocenters. The minimum Gasteiger partial charge on any atom is -0.759 e. The van der Waals surface area contributed by atoms with E-state index in [4.69, 9.17) is 45.3 Å². The van der Waals surface area contributed by atoms with Crippen molar-refractivity contribution in [1.29, 1.82) is 0 Å². The molecule has 127 valence electrons. The second kappa shape index (κ2) is 14.3. The molecule has 0 bridgehead atoms. The van der Waals surface area contributed by atoms with Crippen LogP contribution in [-0.2, 0) is 37.9 Å². The van der Waals surface area contributed by atoms with Gasteiger partial charge >= 0.3 is 17.1 Å². The van der Waals surface area contributed by atoms with Gasteiger partial charge < -0.3 is 34.6 Å². The van der Waals surface area contributed by atoms with Gasteiger partial charge in [0.15, 0.2) is 0 Å². The minimum absolute atomic E-state index is 0. The molecule has 1 aromatic rings. The van der Waals surface area contributed by atoms with E-state index in [2.05, 4.69) is 0 Å². The molecule has 6 N–H and O–H groups in total. The SMILES string of the molecule is Cl.O=S(=O)([O-])[O-].O=S(=O)([O-])[O-].Oc1cccc(O)c1.[Fe+3].[NH4+]. The van der Waals surface area contributed by atoms with Gasteiger partial charge in [0.25, 0.3) is 0 Å². The van der Waals surface area contributed by atoms with E-state index >= 15 is 0 Å². The number of benzene rings is 1. The summed E-state index contributed by atoms with van der Waals surface area (Å²) in [6.45, 7) is 0. The molecule has 15 heteroatoms. The van der Waals surface area contributed by atoms with Gasteiger partial charge in [-0.3, -0.25) is 16.8 Å². The Hall–Kier alpha value is -0.671. The molecular formula is C6H11ClFeNO10S2. The van der Waals surface area contributed by atoms with Crippen LogP contribution in [-0.4, -0.2) is 45.3 Å². The Labute approximate surface area is 137 Å². The van der Waals surface area contributed by atoms with Gasteiger partial charge in [0.1, 0.15) is 11.5 Å². The predicted molar refractivity (Wildman–Crippen MR) is 64.0 cm³/mol. The van der Waals surface area contributed by atoms with Gasteiger partial charge in [0, 0.05) is 26.9 Å². The summed E-state index contributed by atoms with van der Waals surface area (Å²) in [5.41, 5.74) is 0. The summed E-state index contributed by atoms with van der Waals surface area (Å²) >= 11 is 0. The Morgan fingerprint density at radius 2 is 1.00 bits per heavy atom. The van der Waals surface area contributed by atoms with Gasteiger partial charge in [-0.15, -0.1) is 12.4 Å². The Kier molecular flexibility index (Phi) is 22.0. The van der Waals surface area contributed by atoms with Crippen molar-refractivity contribution >= 4 is 33.2 Å². The van der Waals surface area contributed by atoms with Crippen molar-refractivity contribution in [2.24, 2.45) is 0 Å². The summed E-state index contributed by atoms with van der Waals surface area (Å²) in [5, 5.41) is 17.3. The van der Waals surface area contributed by atoms with Crippen molar-refractivity contribution in [2.45, 2.75) is 0 Å². The van der Waals surface area contributed by atoms with E-state index < -0.39 is 20.8 Å². The van der Waals surface area contributed by atoms with Crippen molar-refractivity contribution in [3.05, 3.63) is 24.3 Å². The fourth-order valence-electron chi connectivity index (χ4n) is 0.493. The van der Waals surface area contributed by atoms with Gasteiger partial charge in [-0.05, 0) is 12.1 Å². The maximum absolute atomic E-state index is 8.65. The molecule has 0 aromatic heterocycles. The maximum atomic E-state index is 8.65. The number of rotatable bonds is 0. The number of hydrogen-bond donors (Lipinski definition) is 3. The maximum Gasteiger partial charge on any atom is 3.00 e. The first-order chi connectivity index (χ1) is 7.79. The van der Waals surface area contributed by atoms with Crippen LogP contribution in [0.5, 0.6) is 11.5 Å². The van der Waals surface area contributed by atoms with Crippen LogP contribution in [0, 0.1) is 0 Å². The number of phenolic OH excluding ortho intramolecular Hbond substituents is 2. The van der Waals surface area contributed by atoms with Crippen molar-refractivity contribution in [3.63, 3.8) is 0 Å². The van der Waals surface area contributed by atoms with E-state index in [-0.39, 0.29) is 47.1 Å². The molecule has 11 nitrogen and oxygen atoms in total. The van der Waals surface area contributed by atoms with E-state index in [0.29, 0.717) is 0 Å². The van der Waals surface area contributed by atoms with Gasteiger partial charge in [0.05, 0.1) is 0 Å². The number of quaternary nitrogens is 1. The van der Waals surface area contributed by atoms with E-state index in [1.165, 1.54) is 18.2 Å². The second-order valence-electron chi connectivity index (χ2n) is 2.34. The van der Waals surface area contributed by atoms with E-state index in [9.17, 15) is 0 Å². The van der Waals surface area contributed by atoms with E-state index in [0.717, 1.165) is 0 Å². The molecule has 0 saturated carbocycles. The molecule has 0 amide bonds. The Bertz CT molecular complexity index is 499. The Morgan fingerprint density at radius 1 is 0.810 bits per heavy atom. The first-order valence-corrected chi connectivity index (χ1v) is 6.27. The molecule has 1 rings (SSSR count).